The predicted molar refractivity (Wildman–Crippen MR) is 65.6 cm³/mol. The topological polar surface area (TPSA) is 23.6 Å². The molecule has 0 aromatic heterocycles. The summed E-state index contributed by atoms with van der Waals surface area (Å²) in [5.41, 5.74) is -1.37. The van der Waals surface area contributed by atoms with Gasteiger partial charge < -0.3 is 9.80 Å². The third-order valence-corrected chi connectivity index (χ3v) is 4.12. The van der Waals surface area contributed by atoms with Crippen molar-refractivity contribution in [2.75, 3.05) is 20.1 Å². The van der Waals surface area contributed by atoms with E-state index in [1.165, 1.54) is 13.8 Å². The van der Waals surface area contributed by atoms with E-state index >= 15 is 0 Å². The summed E-state index contributed by atoms with van der Waals surface area (Å²) < 4.78 is 37.7. The fourth-order valence-electron chi connectivity index (χ4n) is 3.37. The van der Waals surface area contributed by atoms with Crippen LogP contribution in [0, 0.1) is 5.41 Å². The normalized spacial score (nSPS) is 28.8. The smallest absolute Gasteiger partial charge is 0.334 e. The molecule has 2 saturated heterocycles. The van der Waals surface area contributed by atoms with Crippen molar-refractivity contribution in [3.63, 3.8) is 0 Å². The summed E-state index contributed by atoms with van der Waals surface area (Å²) >= 11 is 0. The first-order chi connectivity index (χ1) is 8.60. The zero-order valence-corrected chi connectivity index (χ0v) is 11.6. The highest BCUT2D eigenvalue weighted by Crippen LogP contribution is 2.39. The van der Waals surface area contributed by atoms with Gasteiger partial charge in [-0.2, -0.15) is 13.2 Å². The molecule has 0 saturated carbocycles. The molecule has 2 rings (SSSR count). The summed E-state index contributed by atoms with van der Waals surface area (Å²) in [6.45, 7) is 4.34. The molecular formula is C13H21F3N2O. The van der Waals surface area contributed by atoms with Crippen LogP contribution in [0.3, 0.4) is 0 Å². The van der Waals surface area contributed by atoms with E-state index in [1.807, 2.05) is 7.05 Å². The van der Waals surface area contributed by atoms with Crippen LogP contribution in [-0.2, 0) is 4.79 Å². The van der Waals surface area contributed by atoms with Crippen molar-refractivity contribution in [2.45, 2.75) is 51.4 Å². The zero-order chi connectivity index (χ0) is 14.4. The molecule has 0 aromatic carbocycles. The molecule has 2 fully saturated rings. The molecule has 2 unspecified atom stereocenters. The molecule has 0 N–H and O–H groups in total. The number of amides is 1. The summed E-state index contributed by atoms with van der Waals surface area (Å²) in [5.74, 6) is -0.342. The van der Waals surface area contributed by atoms with E-state index in [0.29, 0.717) is 0 Å². The van der Waals surface area contributed by atoms with E-state index in [1.54, 1.807) is 4.90 Å². The van der Waals surface area contributed by atoms with Gasteiger partial charge in [0.2, 0.25) is 5.91 Å². The molecule has 6 heteroatoms. The maximum atomic E-state index is 12.6. The number of carbonyl (C=O) groups is 1. The first-order valence-electron chi connectivity index (χ1n) is 6.68. The predicted octanol–water partition coefficient (Wildman–Crippen LogP) is 2.27. The quantitative estimate of drug-likeness (QED) is 0.773. The molecule has 3 nitrogen and oxygen atoms in total. The number of rotatable bonds is 2. The van der Waals surface area contributed by atoms with Crippen LogP contribution in [0.5, 0.6) is 0 Å². The van der Waals surface area contributed by atoms with Gasteiger partial charge in [0.15, 0.2) is 0 Å². The Morgan fingerprint density at radius 3 is 2.05 bits per heavy atom. The number of likely N-dealkylation sites (N-methyl/N-ethyl adjacent to an activating group) is 1. The number of halogens is 3. The van der Waals surface area contributed by atoms with Gasteiger partial charge in [0, 0.05) is 25.2 Å². The van der Waals surface area contributed by atoms with Gasteiger partial charge in [-0.3, -0.25) is 4.79 Å². The molecule has 2 aliphatic rings. The van der Waals surface area contributed by atoms with Crippen molar-refractivity contribution in [1.82, 2.24) is 9.80 Å². The van der Waals surface area contributed by atoms with Crippen molar-refractivity contribution >= 4 is 5.91 Å². The van der Waals surface area contributed by atoms with E-state index in [4.69, 9.17) is 0 Å². The average molecular weight is 278 g/mol. The highest BCUT2D eigenvalue weighted by molar-refractivity contribution is 5.83. The minimum Gasteiger partial charge on any atom is -0.334 e. The lowest BCUT2D eigenvalue weighted by atomic mass is 9.86. The Hall–Kier alpha value is -0.780. The van der Waals surface area contributed by atoms with Gasteiger partial charge in [-0.25, -0.2) is 0 Å². The Morgan fingerprint density at radius 1 is 1.16 bits per heavy atom. The minimum atomic E-state index is -4.30. The minimum absolute atomic E-state index is 0.0868. The molecule has 110 valence electrons. The molecule has 0 aromatic rings. The molecular weight excluding hydrogens is 257 g/mol. The lowest BCUT2D eigenvalue weighted by Gasteiger charge is -2.43. The summed E-state index contributed by atoms with van der Waals surface area (Å²) in [7, 11) is 1.99. The van der Waals surface area contributed by atoms with E-state index in [9.17, 15) is 18.0 Å². The Balaban J connectivity index is 2.12. The zero-order valence-electron chi connectivity index (χ0n) is 11.6. The van der Waals surface area contributed by atoms with Crippen LogP contribution >= 0.6 is 0 Å². The molecule has 19 heavy (non-hydrogen) atoms. The fourth-order valence-corrected chi connectivity index (χ4v) is 3.37. The maximum Gasteiger partial charge on any atom is 0.390 e. The van der Waals surface area contributed by atoms with Gasteiger partial charge in [0.05, 0.1) is 11.8 Å². The monoisotopic (exact) mass is 278 g/mol. The van der Waals surface area contributed by atoms with Crippen LogP contribution < -0.4 is 0 Å². The Kier molecular flexibility index (Phi) is 3.58. The number of fused-ring (bicyclic) bond motifs is 2. The van der Waals surface area contributed by atoms with Gasteiger partial charge >= 0.3 is 6.18 Å². The highest BCUT2D eigenvalue weighted by atomic mass is 19.4. The molecule has 2 atom stereocenters. The van der Waals surface area contributed by atoms with Crippen molar-refractivity contribution in [1.29, 1.82) is 0 Å². The number of carbonyl (C=O) groups excluding carboxylic acids is 1. The third kappa shape index (κ3) is 3.04. The van der Waals surface area contributed by atoms with Gasteiger partial charge in [0.1, 0.15) is 0 Å². The first kappa shape index (κ1) is 14.6. The number of nitrogens with zero attached hydrogens (tertiary/aromatic N) is 2. The van der Waals surface area contributed by atoms with Crippen molar-refractivity contribution in [3.05, 3.63) is 0 Å². The van der Waals surface area contributed by atoms with E-state index in [0.717, 1.165) is 25.9 Å². The van der Waals surface area contributed by atoms with Crippen molar-refractivity contribution in [3.8, 4) is 0 Å². The molecule has 0 aliphatic carbocycles. The number of hydrogen-bond acceptors (Lipinski definition) is 2. The second-order valence-electron chi connectivity index (χ2n) is 6.49. The van der Waals surface area contributed by atoms with Crippen molar-refractivity contribution in [2.24, 2.45) is 5.41 Å². The number of piperazine rings is 1. The summed E-state index contributed by atoms with van der Waals surface area (Å²) in [6.07, 6.45) is -3.54. The van der Waals surface area contributed by atoms with Crippen LogP contribution in [-0.4, -0.2) is 54.1 Å². The number of hydrogen-bond donors (Lipinski definition) is 0. The van der Waals surface area contributed by atoms with Gasteiger partial charge in [-0.15, -0.1) is 0 Å². The second kappa shape index (κ2) is 4.65. The lowest BCUT2D eigenvalue weighted by molar-refractivity contribution is -0.173. The maximum absolute atomic E-state index is 12.6. The molecule has 2 heterocycles. The van der Waals surface area contributed by atoms with E-state index in [-0.39, 0.29) is 18.0 Å². The number of alkyl halides is 3. The Labute approximate surface area is 111 Å². The van der Waals surface area contributed by atoms with Gasteiger partial charge in [0.25, 0.3) is 0 Å². The second-order valence-corrected chi connectivity index (χ2v) is 6.49. The van der Waals surface area contributed by atoms with Crippen LogP contribution in [0.4, 0.5) is 13.2 Å². The van der Waals surface area contributed by atoms with E-state index < -0.39 is 18.0 Å². The average Bonchev–Trinajstić information content (AvgIpc) is 2.46. The van der Waals surface area contributed by atoms with Crippen LogP contribution in [0.2, 0.25) is 0 Å². The summed E-state index contributed by atoms with van der Waals surface area (Å²) in [6, 6.07) is 0.174. The van der Waals surface area contributed by atoms with Crippen LogP contribution in [0.15, 0.2) is 0 Å². The first-order valence-corrected chi connectivity index (χ1v) is 6.68. The van der Waals surface area contributed by atoms with Crippen molar-refractivity contribution < 1.29 is 18.0 Å². The number of likely N-dealkylation sites (tertiary alicyclic amines) is 1. The SMILES string of the molecule is CN1CC2CCC(C1)N2C(=O)C(C)(C)CC(F)(F)F. The fraction of sp³-hybridized carbons (Fsp3) is 0.923. The van der Waals surface area contributed by atoms with Gasteiger partial charge in [-0.1, -0.05) is 13.8 Å². The van der Waals surface area contributed by atoms with Crippen LogP contribution in [0.25, 0.3) is 0 Å². The van der Waals surface area contributed by atoms with E-state index in [2.05, 4.69) is 4.90 Å². The van der Waals surface area contributed by atoms with Gasteiger partial charge in [-0.05, 0) is 19.9 Å². The lowest BCUT2D eigenvalue weighted by Crippen LogP contribution is -2.57. The molecule has 0 spiro atoms. The molecule has 1 amide bonds. The standard InChI is InChI=1S/C13H21F3N2O/c1-12(2,8-13(14,15)16)11(19)18-9-4-5-10(18)7-17(3)6-9/h9-10H,4-8H2,1-3H3. The molecule has 2 aliphatic heterocycles. The Morgan fingerprint density at radius 2 is 1.63 bits per heavy atom. The summed E-state index contributed by atoms with van der Waals surface area (Å²) in [4.78, 5) is 16.4. The summed E-state index contributed by atoms with van der Waals surface area (Å²) in [5, 5.41) is 0. The van der Waals surface area contributed by atoms with Crippen LogP contribution in [0.1, 0.15) is 33.1 Å². The largest absolute Gasteiger partial charge is 0.390 e. The Bertz CT molecular complexity index is 353. The molecule has 2 bridgehead atoms. The molecule has 0 radical (unpaired) electrons. The highest BCUT2D eigenvalue weighted by Gasteiger charge is 2.49. The third-order valence-electron chi connectivity index (χ3n) is 4.12.